The molecule has 3 aliphatic heterocycles. The van der Waals surface area contributed by atoms with Crippen molar-refractivity contribution < 1.29 is 83.2 Å². The molecule has 52 heavy (non-hydrogen) atoms. The summed E-state index contributed by atoms with van der Waals surface area (Å²) in [6, 6.07) is 5.05. The van der Waals surface area contributed by atoms with Crippen LogP contribution in [-0.4, -0.2) is 143 Å². The minimum absolute atomic E-state index is 0.0231. The predicted octanol–water partition coefficient (Wildman–Crippen LogP) is -1.25. The molecule has 0 spiro atoms. The fourth-order valence-corrected chi connectivity index (χ4v) is 5.84. The number of esters is 2. The van der Waals surface area contributed by atoms with E-state index in [2.05, 4.69) is 13.2 Å². The van der Waals surface area contributed by atoms with Crippen molar-refractivity contribution in [2.45, 2.75) is 80.5 Å². The van der Waals surface area contributed by atoms with Crippen LogP contribution in [0.4, 0.5) is 0 Å². The van der Waals surface area contributed by atoms with Crippen LogP contribution in [0.5, 0.6) is 11.5 Å². The minimum Gasteiger partial charge on any atom is -0.493 e. The molecule has 3 heterocycles. The lowest BCUT2D eigenvalue weighted by Crippen LogP contribution is -2.60. The van der Waals surface area contributed by atoms with Crippen molar-refractivity contribution in [3.63, 3.8) is 0 Å². The molecule has 4 rings (SSSR count). The first-order chi connectivity index (χ1) is 24.9. The van der Waals surface area contributed by atoms with Gasteiger partial charge >= 0.3 is 11.9 Å². The Morgan fingerprint density at radius 2 is 1.54 bits per heavy atom. The second-order valence-corrected chi connectivity index (χ2v) is 12.2. The highest BCUT2D eigenvalue weighted by atomic mass is 16.8. The Hall–Kier alpha value is -3.88. The fourth-order valence-electron chi connectivity index (χ4n) is 5.84. The quantitative estimate of drug-likeness (QED) is 0.0820. The second-order valence-electron chi connectivity index (χ2n) is 12.2. The fraction of sp³-hybridized carbons (Fsp3) is 0.543. The Morgan fingerprint density at radius 3 is 2.17 bits per heavy atom. The lowest BCUT2D eigenvalue weighted by molar-refractivity contribution is -0.338. The smallest absolute Gasteiger partial charge is 0.337 e. The third-order valence-corrected chi connectivity index (χ3v) is 8.78. The molecule has 13 atom stereocenters. The molecule has 7 N–H and O–H groups in total. The van der Waals surface area contributed by atoms with Crippen molar-refractivity contribution >= 4 is 11.9 Å². The molecule has 1 aromatic rings. The predicted molar refractivity (Wildman–Crippen MR) is 176 cm³/mol. The zero-order chi connectivity index (χ0) is 38.1. The average molecular weight is 739 g/mol. The van der Waals surface area contributed by atoms with Crippen LogP contribution >= 0.6 is 0 Å². The summed E-state index contributed by atoms with van der Waals surface area (Å²) in [5, 5.41) is 71.8. The maximum Gasteiger partial charge on any atom is 0.337 e. The Bertz CT molecular complexity index is 1440. The molecule has 288 valence electrons. The van der Waals surface area contributed by atoms with Crippen molar-refractivity contribution in [3.8, 4) is 11.5 Å². The summed E-state index contributed by atoms with van der Waals surface area (Å²) in [6.45, 7) is 6.27. The van der Waals surface area contributed by atoms with E-state index in [9.17, 15) is 45.3 Å². The van der Waals surface area contributed by atoms with Crippen LogP contribution in [0, 0.1) is 11.8 Å². The molecule has 17 heteroatoms. The summed E-state index contributed by atoms with van der Waals surface area (Å²) in [6.07, 6.45) is -9.60. The van der Waals surface area contributed by atoms with Gasteiger partial charge in [-0.1, -0.05) is 30.4 Å². The van der Waals surface area contributed by atoms with Gasteiger partial charge in [0, 0.05) is 5.92 Å². The van der Waals surface area contributed by atoms with Gasteiger partial charge in [-0.3, -0.25) is 4.79 Å². The monoisotopic (exact) mass is 738 g/mol. The van der Waals surface area contributed by atoms with Crippen molar-refractivity contribution in [2.24, 2.45) is 11.8 Å². The highest BCUT2D eigenvalue weighted by Crippen LogP contribution is 2.36. The molecule has 0 radical (unpaired) electrons. The molecule has 0 bridgehead atoms. The van der Waals surface area contributed by atoms with Gasteiger partial charge in [-0.05, 0) is 24.1 Å². The molecule has 0 aromatic heterocycles. The van der Waals surface area contributed by atoms with Crippen LogP contribution in [0.2, 0.25) is 0 Å². The van der Waals surface area contributed by atoms with Crippen LogP contribution in [0.15, 0.2) is 67.5 Å². The first-order valence-corrected chi connectivity index (χ1v) is 16.4. The molecule has 0 unspecified atom stereocenters. The van der Waals surface area contributed by atoms with E-state index < -0.39 is 105 Å². The Balaban J connectivity index is 1.40. The van der Waals surface area contributed by atoms with Crippen molar-refractivity contribution in [2.75, 3.05) is 27.4 Å². The molecule has 1 aromatic carbocycles. The Labute approximate surface area is 299 Å². The first kappa shape index (κ1) is 40.9. The van der Waals surface area contributed by atoms with Gasteiger partial charge in [-0.15, -0.1) is 13.2 Å². The third-order valence-electron chi connectivity index (χ3n) is 8.78. The molecule has 0 amide bonds. The van der Waals surface area contributed by atoms with Gasteiger partial charge in [0.2, 0.25) is 12.6 Å². The maximum absolute atomic E-state index is 12.8. The van der Waals surface area contributed by atoms with E-state index >= 15 is 0 Å². The number of carbonyl (C=O) groups excluding carboxylic acids is 2. The third kappa shape index (κ3) is 9.37. The van der Waals surface area contributed by atoms with Gasteiger partial charge in [0.25, 0.3) is 0 Å². The van der Waals surface area contributed by atoms with E-state index in [0.29, 0.717) is 12.2 Å². The number of aliphatic hydroxyl groups excluding tert-OH is 7. The average Bonchev–Trinajstić information content (AvgIpc) is 3.14. The number of carbonyl (C=O) groups is 2. The molecule has 2 fully saturated rings. The van der Waals surface area contributed by atoms with E-state index in [1.807, 2.05) is 0 Å². The number of allylic oxidation sites excluding steroid dienone is 2. The number of methoxy groups -OCH3 is 2. The van der Waals surface area contributed by atoms with Crippen LogP contribution in [0.3, 0.4) is 0 Å². The highest BCUT2D eigenvalue weighted by molar-refractivity contribution is 5.89. The van der Waals surface area contributed by atoms with Gasteiger partial charge in [-0.25, -0.2) is 4.79 Å². The Kier molecular flexibility index (Phi) is 14.7. The summed E-state index contributed by atoms with van der Waals surface area (Å²) in [5.74, 6) is -2.75. The van der Waals surface area contributed by atoms with E-state index in [4.69, 9.17) is 37.9 Å². The minimum atomic E-state index is -1.73. The number of rotatable bonds is 15. The lowest BCUT2D eigenvalue weighted by atomic mass is 9.83. The molecule has 2 saturated heterocycles. The van der Waals surface area contributed by atoms with Gasteiger partial charge < -0.3 is 73.6 Å². The molecule has 17 nitrogen and oxygen atoms in total. The molecular weight excluding hydrogens is 692 g/mol. The molecule has 0 saturated carbocycles. The van der Waals surface area contributed by atoms with Crippen LogP contribution in [-0.2, 0) is 44.4 Å². The van der Waals surface area contributed by atoms with Gasteiger partial charge in [0.05, 0.1) is 45.0 Å². The molecule has 0 aliphatic carbocycles. The SMILES string of the molecule is C=CCc1ccc(O[C@@H]2O[C@H](COC(=O)C/C=C/[C@@H]3C(C(=O)OC)=CO[C@@H](O[C@@H]4O[C@H](CO)[C@@H](O)[C@H](O)[C@H]4O)[C@@H]3C=C)[C@@H](O)[C@H](O)[C@H]2O)c(OC)c1. The van der Waals surface area contributed by atoms with Gasteiger partial charge in [0.1, 0.15) is 55.4 Å². The van der Waals surface area contributed by atoms with Crippen molar-refractivity contribution in [3.05, 3.63) is 73.1 Å². The number of benzene rings is 1. The summed E-state index contributed by atoms with van der Waals surface area (Å²) in [5.41, 5.74) is 0.907. The molecular formula is C35H46O17. The van der Waals surface area contributed by atoms with E-state index in [1.165, 1.54) is 25.3 Å². The Morgan fingerprint density at radius 1 is 0.865 bits per heavy atom. The summed E-state index contributed by atoms with van der Waals surface area (Å²) in [7, 11) is 2.58. The number of hydrogen-bond acceptors (Lipinski definition) is 17. The highest BCUT2D eigenvalue weighted by Gasteiger charge is 2.48. The summed E-state index contributed by atoms with van der Waals surface area (Å²) in [4.78, 5) is 25.4. The number of ether oxygens (including phenoxy) is 8. The van der Waals surface area contributed by atoms with E-state index in [-0.39, 0.29) is 17.7 Å². The topological polar surface area (TPSA) is 250 Å². The van der Waals surface area contributed by atoms with Crippen LogP contribution < -0.4 is 9.47 Å². The lowest BCUT2D eigenvalue weighted by Gasteiger charge is -2.42. The van der Waals surface area contributed by atoms with Gasteiger partial charge in [0.15, 0.2) is 17.8 Å². The van der Waals surface area contributed by atoms with E-state index in [1.54, 1.807) is 24.3 Å². The van der Waals surface area contributed by atoms with Crippen LogP contribution in [0.1, 0.15) is 12.0 Å². The zero-order valence-electron chi connectivity index (χ0n) is 28.6. The van der Waals surface area contributed by atoms with Crippen molar-refractivity contribution in [1.82, 2.24) is 0 Å². The van der Waals surface area contributed by atoms with E-state index in [0.717, 1.165) is 18.9 Å². The normalized spacial score (nSPS) is 34.8. The summed E-state index contributed by atoms with van der Waals surface area (Å²) < 4.78 is 43.7. The zero-order valence-corrected chi connectivity index (χ0v) is 28.6. The van der Waals surface area contributed by atoms with Crippen LogP contribution in [0.25, 0.3) is 0 Å². The largest absolute Gasteiger partial charge is 0.493 e. The maximum atomic E-state index is 12.8. The van der Waals surface area contributed by atoms with Gasteiger partial charge in [-0.2, -0.15) is 0 Å². The summed E-state index contributed by atoms with van der Waals surface area (Å²) >= 11 is 0. The number of hydrogen-bond donors (Lipinski definition) is 7. The molecule has 3 aliphatic rings. The number of aliphatic hydroxyl groups is 7. The second kappa shape index (κ2) is 18.7. The first-order valence-electron chi connectivity index (χ1n) is 16.4. The standard InChI is InChI=1S/C35H46O17/c1-5-8-17-11-12-21(22(13-17)45-3)49-34-30(42)29(41)27(39)24(51-34)16-47-25(37)10-7-9-19-18(6-2)33(48-15-20(19)32(44)46-4)52-35-31(43)28(40)26(38)23(14-36)50-35/h5-7,9,11-13,15,18-19,23-24,26-31,33-36,38-43H,1-2,8,10,14,16H2,3-4H3/b9-7+/t18-,19+,23-,24-,26-,27-,28+,29+,30-,31-,33+,34-,35+/m1/s1. The van der Waals surface area contributed by atoms with Crippen molar-refractivity contribution in [1.29, 1.82) is 0 Å².